The molecule has 2 fully saturated rings. The van der Waals surface area contributed by atoms with Crippen LogP contribution in [0, 0.1) is 14.1 Å². The monoisotopic (exact) mass is 1010 g/mol. The van der Waals surface area contributed by atoms with Gasteiger partial charge in [0, 0.05) is 19.5 Å². The van der Waals surface area contributed by atoms with E-state index in [9.17, 15) is 0 Å². The second-order valence-corrected chi connectivity index (χ2v) is 21.5. The molecule has 9 rings (SSSR count). The molecule has 7 aromatic carbocycles. The van der Waals surface area contributed by atoms with Gasteiger partial charge in [-0.3, -0.25) is 0 Å². The maximum atomic E-state index is 7.50. The zero-order valence-corrected chi connectivity index (χ0v) is 41.4. The first-order valence-corrected chi connectivity index (χ1v) is 24.5. The van der Waals surface area contributed by atoms with E-state index in [0.717, 1.165) is 11.3 Å². The van der Waals surface area contributed by atoms with Crippen LogP contribution in [0.4, 0.5) is 0 Å². The maximum absolute atomic E-state index is 7.50. The van der Waals surface area contributed by atoms with Crippen molar-refractivity contribution in [3.05, 3.63) is 226 Å². The van der Waals surface area contributed by atoms with Crippen LogP contribution in [0.25, 0.3) is 0 Å². The molecule has 2 radical (unpaired) electrons. The Kier molecular flexibility index (Phi) is 25.2. The Labute approximate surface area is 397 Å². The number of hydrogen-bond donors (Lipinski definition) is 0. The molecule has 2 saturated carbocycles. The molecule has 6 heteroatoms. The largest absolute Gasteiger partial charge is 3.00 e. The van der Waals surface area contributed by atoms with Crippen molar-refractivity contribution in [2.24, 2.45) is 0 Å². The number of benzene rings is 7. The van der Waals surface area contributed by atoms with E-state index in [4.69, 9.17) is 4.65 Å². The average molecular weight is 1010 g/mol. The van der Waals surface area contributed by atoms with Crippen molar-refractivity contribution < 1.29 is 50.3 Å². The zero-order chi connectivity index (χ0) is 39.3. The van der Waals surface area contributed by atoms with E-state index in [1.165, 1.54) is 67.3 Å². The van der Waals surface area contributed by atoms with Gasteiger partial charge in [-0.2, -0.15) is 0 Å². The first-order valence-electron chi connectivity index (χ1n) is 20.3. The predicted octanol–water partition coefficient (Wildman–Crippen LogP) is 12.0. The normalized spacial score (nSPS) is 13.2. The van der Waals surface area contributed by atoms with E-state index in [0.29, 0.717) is 0 Å². The van der Waals surface area contributed by atoms with Crippen LogP contribution in [-0.2, 0) is 50.3 Å². The van der Waals surface area contributed by atoms with Crippen LogP contribution < -0.4 is 37.1 Å². The summed E-state index contributed by atoms with van der Waals surface area (Å²) in [4.78, 5) is 0. The smallest absolute Gasteiger partial charge is 0.358 e. The molecule has 0 heterocycles. The summed E-state index contributed by atoms with van der Waals surface area (Å²) in [5.74, 6) is 0. The fourth-order valence-corrected chi connectivity index (χ4v) is 16.3. The second-order valence-electron chi connectivity index (χ2n) is 14.3. The Hall–Kier alpha value is -2.92. The fourth-order valence-electron chi connectivity index (χ4n) is 8.00. The van der Waals surface area contributed by atoms with Crippen LogP contribution >= 0.6 is 23.8 Å². The van der Waals surface area contributed by atoms with Gasteiger partial charge >= 0.3 is 37.5 Å². The zero-order valence-electron chi connectivity index (χ0n) is 34.6. The molecule has 304 valence electrons. The van der Waals surface area contributed by atoms with Gasteiger partial charge in [-0.15, -0.1) is 0 Å². The summed E-state index contributed by atoms with van der Waals surface area (Å²) in [6.07, 6.45) is 11.3. The second kappa shape index (κ2) is 29.4. The van der Waals surface area contributed by atoms with Gasteiger partial charge in [0.15, 0.2) is 0 Å². The van der Waals surface area contributed by atoms with Gasteiger partial charge in [-0.05, 0) is 97.9 Å². The quantitative estimate of drug-likeness (QED) is 0.0594. The number of hydrogen-bond acceptors (Lipinski definition) is 0. The molecular weight excluding hydrogens is 952 g/mol. The molecule has 0 atom stereocenters. The first-order chi connectivity index (χ1) is 28.3. The van der Waals surface area contributed by atoms with Gasteiger partial charge in [0.25, 0.3) is 0 Å². The van der Waals surface area contributed by atoms with E-state index in [-0.39, 0.29) is 69.0 Å². The van der Waals surface area contributed by atoms with Crippen molar-refractivity contribution in [2.45, 2.75) is 62.7 Å². The third kappa shape index (κ3) is 15.2. The summed E-state index contributed by atoms with van der Waals surface area (Å²) >= 11 is 0. The Balaban J connectivity index is 0.000000230. The van der Waals surface area contributed by atoms with Crippen LogP contribution in [0.15, 0.2) is 212 Å². The van der Waals surface area contributed by atoms with Crippen molar-refractivity contribution in [3.8, 4) is 0 Å². The minimum absolute atomic E-state index is 0. The Morgan fingerprint density at radius 2 is 0.483 bits per heavy atom. The van der Waals surface area contributed by atoms with Gasteiger partial charge in [0.05, 0.1) is 0 Å². The van der Waals surface area contributed by atoms with E-state index in [1.54, 1.807) is 21.2 Å². The average Bonchev–Trinajstić information content (AvgIpc) is 4.04. The van der Waals surface area contributed by atoms with E-state index < -0.39 is 7.92 Å². The Morgan fingerprint density at radius 3 is 0.667 bits per heavy atom. The SMILES string of the molecule is [C-]#[O+].[CH3-].[Rh].[Zr+3].c1ccc(P(c2ccccc2)C2CCCC2)cc1.c1ccc(P(c2ccccc2)C2CCCC2)cc1.c1ccc(P(c2ccccc2)c2ccccc2)cc1. The molecule has 0 spiro atoms. The van der Waals surface area contributed by atoms with Gasteiger partial charge in [0.1, 0.15) is 0 Å². The molecule has 0 N–H and O–H groups in total. The van der Waals surface area contributed by atoms with Crippen LogP contribution in [0.5, 0.6) is 0 Å². The molecule has 0 aromatic heterocycles. The summed E-state index contributed by atoms with van der Waals surface area (Å²) in [6.45, 7) is 4.50. The number of rotatable bonds is 9. The molecule has 0 amide bonds. The minimum atomic E-state index is -0.446. The summed E-state index contributed by atoms with van der Waals surface area (Å²) in [5, 5.41) is 10.4. The molecule has 7 aromatic rings. The van der Waals surface area contributed by atoms with E-state index >= 15 is 0 Å². The molecule has 0 unspecified atom stereocenters. The van der Waals surface area contributed by atoms with E-state index in [1.807, 2.05) is 0 Å². The predicted molar refractivity (Wildman–Crippen MR) is 258 cm³/mol. The molecule has 1 nitrogen and oxygen atoms in total. The van der Waals surface area contributed by atoms with Crippen LogP contribution in [0.1, 0.15) is 51.4 Å². The van der Waals surface area contributed by atoms with Gasteiger partial charge in [-0.25, -0.2) is 0 Å². The standard InChI is InChI=1S/C18H15P.2C17H19P.CO.CH3.Rh.Zr/c1-4-10-16(11-5-1)19(17-12-6-2-7-13-17)18-14-8-3-9-15-18;2*1-3-9-15(10-4-1)18(17-13-7-8-14-17)16-11-5-2-6-12-16;1-2;;;/h1-15H;2*1-6,9-12,17H,7-8,13-14H2;;1H3;;/q;;;;-1;;+3. The summed E-state index contributed by atoms with van der Waals surface area (Å²) in [6, 6.07) is 76.8. The minimum Gasteiger partial charge on any atom is -0.358 e. The topological polar surface area (TPSA) is 19.9 Å². The fraction of sp³-hybridized carbons (Fsp3) is 0.185. The van der Waals surface area contributed by atoms with Crippen LogP contribution in [0.2, 0.25) is 0 Å². The van der Waals surface area contributed by atoms with Crippen LogP contribution in [-0.4, -0.2) is 11.3 Å². The van der Waals surface area contributed by atoms with E-state index in [2.05, 4.69) is 219 Å². The molecule has 2 aliphatic carbocycles. The Morgan fingerprint density at radius 1 is 0.317 bits per heavy atom. The van der Waals surface area contributed by atoms with Crippen molar-refractivity contribution in [2.75, 3.05) is 0 Å². The summed E-state index contributed by atoms with van der Waals surface area (Å²) < 4.78 is 7.50. The van der Waals surface area contributed by atoms with Crippen molar-refractivity contribution >= 4 is 60.9 Å². The third-order valence-corrected chi connectivity index (χ3v) is 18.9. The molecule has 2 aliphatic rings. The van der Waals surface area contributed by atoms with Crippen LogP contribution in [0.3, 0.4) is 0 Å². The molecule has 60 heavy (non-hydrogen) atoms. The van der Waals surface area contributed by atoms with Gasteiger partial charge in [-0.1, -0.05) is 238 Å². The molecule has 0 aliphatic heterocycles. The molecule has 0 bridgehead atoms. The third-order valence-electron chi connectivity index (χ3n) is 10.6. The summed E-state index contributed by atoms with van der Waals surface area (Å²) in [7, 11) is -0.750. The van der Waals surface area contributed by atoms with Crippen molar-refractivity contribution in [1.29, 1.82) is 0 Å². The maximum Gasteiger partial charge on any atom is 3.00 e. The van der Waals surface area contributed by atoms with Gasteiger partial charge < -0.3 is 7.43 Å². The first kappa shape index (κ1) is 51.4. The Bertz CT molecular complexity index is 1850. The van der Waals surface area contributed by atoms with Gasteiger partial charge in [0.2, 0.25) is 0 Å². The molecular formula is C54H56OP3RhZr+2. The molecule has 0 saturated heterocycles. The van der Waals surface area contributed by atoms with Crippen molar-refractivity contribution in [3.63, 3.8) is 0 Å². The summed E-state index contributed by atoms with van der Waals surface area (Å²) in [5.41, 5.74) is 1.79. The van der Waals surface area contributed by atoms with Crippen molar-refractivity contribution in [1.82, 2.24) is 0 Å².